The second-order valence-corrected chi connectivity index (χ2v) is 9.38. The van der Waals surface area contributed by atoms with E-state index in [1.54, 1.807) is 11.0 Å². The fraction of sp³-hybridized carbons (Fsp3) is 0.429. The molecule has 192 valence electrons. The Bertz CT molecular complexity index is 1190. The van der Waals surface area contributed by atoms with Gasteiger partial charge in [-0.15, -0.1) is 0 Å². The van der Waals surface area contributed by atoms with Crippen molar-refractivity contribution in [2.24, 2.45) is 0 Å². The first-order valence-electron chi connectivity index (χ1n) is 12.6. The number of aromatic nitrogens is 1. The van der Waals surface area contributed by atoms with Crippen LogP contribution < -0.4 is 0 Å². The normalized spacial score (nSPS) is 14.4. The lowest BCUT2D eigenvalue weighted by molar-refractivity contribution is 0.0342. The van der Waals surface area contributed by atoms with Crippen molar-refractivity contribution in [3.05, 3.63) is 53.2 Å². The molecule has 0 unspecified atom stereocenters. The predicted molar refractivity (Wildman–Crippen MR) is 138 cm³/mol. The minimum absolute atomic E-state index is 0.0132. The number of phenols is 2. The van der Waals surface area contributed by atoms with Crippen molar-refractivity contribution in [1.82, 2.24) is 15.0 Å². The van der Waals surface area contributed by atoms with Crippen molar-refractivity contribution < 1.29 is 24.3 Å². The molecule has 3 aromatic rings. The number of amides is 1. The van der Waals surface area contributed by atoms with Gasteiger partial charge < -0.3 is 24.4 Å². The molecule has 2 heterocycles. The minimum atomic E-state index is -0.232. The average Bonchev–Trinajstić information content (AvgIpc) is 3.30. The third-order valence-electron chi connectivity index (χ3n) is 6.71. The molecule has 0 atom stereocenters. The summed E-state index contributed by atoms with van der Waals surface area (Å²) in [7, 11) is 0. The average molecular weight is 494 g/mol. The van der Waals surface area contributed by atoms with Crippen LogP contribution in [0.3, 0.4) is 0 Å². The van der Waals surface area contributed by atoms with E-state index in [1.165, 1.54) is 6.07 Å². The van der Waals surface area contributed by atoms with Crippen molar-refractivity contribution in [2.45, 2.75) is 40.2 Å². The first-order valence-corrected chi connectivity index (χ1v) is 12.6. The fourth-order valence-corrected chi connectivity index (χ4v) is 4.58. The Morgan fingerprint density at radius 2 is 1.72 bits per heavy atom. The summed E-state index contributed by atoms with van der Waals surface area (Å²) in [4.78, 5) is 17.4. The van der Waals surface area contributed by atoms with Gasteiger partial charge in [-0.25, -0.2) is 0 Å². The molecule has 36 heavy (non-hydrogen) atoms. The third-order valence-corrected chi connectivity index (χ3v) is 6.71. The predicted octanol–water partition coefficient (Wildman–Crippen LogP) is 4.86. The molecular weight excluding hydrogens is 458 g/mol. The van der Waals surface area contributed by atoms with Gasteiger partial charge in [-0.3, -0.25) is 9.69 Å². The summed E-state index contributed by atoms with van der Waals surface area (Å²) in [6, 6.07) is 11.0. The van der Waals surface area contributed by atoms with E-state index >= 15 is 0 Å². The van der Waals surface area contributed by atoms with E-state index in [9.17, 15) is 15.0 Å². The number of hydrogen-bond donors (Lipinski definition) is 2. The molecule has 1 saturated heterocycles. The lowest BCUT2D eigenvalue weighted by atomic mass is 9.93. The summed E-state index contributed by atoms with van der Waals surface area (Å²) >= 11 is 0. The molecule has 1 fully saturated rings. The summed E-state index contributed by atoms with van der Waals surface area (Å²) in [6.07, 6.45) is 0. The van der Waals surface area contributed by atoms with Crippen molar-refractivity contribution in [3.8, 4) is 33.9 Å². The van der Waals surface area contributed by atoms with E-state index < -0.39 is 0 Å². The first-order chi connectivity index (χ1) is 17.3. The van der Waals surface area contributed by atoms with Crippen LogP contribution in [0.5, 0.6) is 11.5 Å². The topological polar surface area (TPSA) is 99.3 Å². The van der Waals surface area contributed by atoms with Crippen LogP contribution in [0.1, 0.15) is 55.2 Å². The molecule has 1 aromatic heterocycles. The van der Waals surface area contributed by atoms with Crippen LogP contribution in [0.15, 0.2) is 40.9 Å². The Hall–Kier alpha value is -3.36. The van der Waals surface area contributed by atoms with Crippen molar-refractivity contribution in [1.29, 1.82) is 0 Å². The van der Waals surface area contributed by atoms with Gasteiger partial charge in [0, 0.05) is 38.8 Å². The van der Waals surface area contributed by atoms with Gasteiger partial charge in [-0.1, -0.05) is 43.3 Å². The van der Waals surface area contributed by atoms with E-state index in [0.717, 1.165) is 44.0 Å². The highest BCUT2D eigenvalue weighted by atomic mass is 16.5. The van der Waals surface area contributed by atoms with Gasteiger partial charge in [0.1, 0.15) is 11.5 Å². The number of benzene rings is 2. The van der Waals surface area contributed by atoms with Crippen LogP contribution in [-0.4, -0.2) is 70.5 Å². The number of hydrogen-bond acceptors (Lipinski definition) is 7. The fourth-order valence-electron chi connectivity index (χ4n) is 4.58. The number of morpholine rings is 1. The van der Waals surface area contributed by atoms with Crippen LogP contribution in [0, 0.1) is 0 Å². The van der Waals surface area contributed by atoms with Gasteiger partial charge >= 0.3 is 0 Å². The molecule has 0 bridgehead atoms. The van der Waals surface area contributed by atoms with Crippen LogP contribution in [-0.2, 0) is 11.3 Å². The highest BCUT2D eigenvalue weighted by Crippen LogP contribution is 2.43. The van der Waals surface area contributed by atoms with Crippen molar-refractivity contribution in [3.63, 3.8) is 0 Å². The SMILES string of the molecule is CCN(CC)C(=O)c1noc(-c2cc(C(C)C)c(O)cc2O)c1-c1ccc(CN2CCOCC2)cc1. The Labute approximate surface area is 212 Å². The molecule has 1 aliphatic heterocycles. The van der Waals surface area contributed by atoms with Gasteiger partial charge in [-0.2, -0.15) is 0 Å². The second-order valence-electron chi connectivity index (χ2n) is 9.38. The maximum atomic E-state index is 13.4. The van der Waals surface area contributed by atoms with Gasteiger partial charge in [0.2, 0.25) is 0 Å². The number of aromatic hydroxyl groups is 2. The van der Waals surface area contributed by atoms with E-state index in [1.807, 2.05) is 52.0 Å². The second kappa shape index (κ2) is 11.1. The highest BCUT2D eigenvalue weighted by Gasteiger charge is 2.29. The van der Waals surface area contributed by atoms with Crippen LogP contribution in [0.4, 0.5) is 0 Å². The molecule has 0 radical (unpaired) electrons. The molecular formula is C28H35N3O5. The quantitative estimate of drug-likeness (QED) is 0.462. The van der Waals surface area contributed by atoms with E-state index in [4.69, 9.17) is 9.26 Å². The Balaban J connectivity index is 1.79. The van der Waals surface area contributed by atoms with E-state index in [0.29, 0.717) is 35.5 Å². The molecule has 8 heteroatoms. The van der Waals surface area contributed by atoms with E-state index in [2.05, 4.69) is 10.1 Å². The summed E-state index contributed by atoms with van der Waals surface area (Å²) in [5.74, 6) is -0.0400. The molecule has 0 aliphatic carbocycles. The van der Waals surface area contributed by atoms with Crippen LogP contribution in [0.2, 0.25) is 0 Å². The molecule has 0 saturated carbocycles. The molecule has 2 N–H and O–H groups in total. The minimum Gasteiger partial charge on any atom is -0.508 e. The van der Waals surface area contributed by atoms with Gasteiger partial charge in [-0.05, 0) is 42.5 Å². The first kappa shape index (κ1) is 25.7. The zero-order chi connectivity index (χ0) is 25.8. The number of ether oxygens (including phenoxy) is 1. The maximum Gasteiger partial charge on any atom is 0.276 e. The van der Waals surface area contributed by atoms with Crippen LogP contribution in [0.25, 0.3) is 22.5 Å². The summed E-state index contributed by atoms with van der Waals surface area (Å²) in [6.45, 7) is 12.9. The van der Waals surface area contributed by atoms with Gasteiger partial charge in [0.05, 0.1) is 24.3 Å². The largest absolute Gasteiger partial charge is 0.508 e. The number of carbonyl (C=O) groups excluding carboxylic acids is 1. The molecule has 4 rings (SSSR count). The highest BCUT2D eigenvalue weighted by molar-refractivity contribution is 6.02. The number of rotatable bonds is 8. The lowest BCUT2D eigenvalue weighted by Gasteiger charge is -2.26. The Morgan fingerprint density at radius 1 is 1.06 bits per heavy atom. The van der Waals surface area contributed by atoms with Gasteiger partial charge in [0.15, 0.2) is 11.5 Å². The zero-order valence-corrected chi connectivity index (χ0v) is 21.5. The molecule has 1 amide bonds. The maximum absolute atomic E-state index is 13.4. The standard InChI is InChI=1S/C28H35N3O5/c1-5-31(6-2)28(34)26-25(20-9-7-19(8-10-20)17-30-11-13-35-14-12-30)27(36-29-26)22-15-21(18(3)4)23(32)16-24(22)33/h7-10,15-16,18,32-33H,5-6,11-14,17H2,1-4H3. The zero-order valence-electron chi connectivity index (χ0n) is 21.5. The van der Waals surface area contributed by atoms with Gasteiger partial charge in [0.25, 0.3) is 5.91 Å². The molecule has 8 nitrogen and oxygen atoms in total. The Morgan fingerprint density at radius 3 is 2.33 bits per heavy atom. The summed E-state index contributed by atoms with van der Waals surface area (Å²) in [5.41, 5.74) is 3.71. The molecule has 1 aliphatic rings. The van der Waals surface area contributed by atoms with Crippen LogP contribution >= 0.6 is 0 Å². The summed E-state index contributed by atoms with van der Waals surface area (Å²) < 4.78 is 11.2. The molecule has 0 spiro atoms. The summed E-state index contributed by atoms with van der Waals surface area (Å²) in [5, 5.41) is 25.3. The number of phenolic OH excluding ortho intramolecular Hbond substituents is 2. The third kappa shape index (κ3) is 5.24. The monoisotopic (exact) mass is 493 g/mol. The molecule has 2 aromatic carbocycles. The van der Waals surface area contributed by atoms with Crippen molar-refractivity contribution in [2.75, 3.05) is 39.4 Å². The number of carbonyl (C=O) groups is 1. The Kier molecular flexibility index (Phi) is 7.96. The van der Waals surface area contributed by atoms with Crippen molar-refractivity contribution >= 4 is 5.91 Å². The smallest absolute Gasteiger partial charge is 0.276 e. The van der Waals surface area contributed by atoms with E-state index in [-0.39, 0.29) is 29.0 Å². The lowest BCUT2D eigenvalue weighted by Crippen LogP contribution is -2.35. The number of nitrogens with zero attached hydrogens (tertiary/aromatic N) is 3.